The van der Waals surface area contributed by atoms with Gasteiger partial charge in [-0.2, -0.15) is 23.5 Å². The van der Waals surface area contributed by atoms with Crippen LogP contribution in [0.3, 0.4) is 0 Å². The fourth-order valence-electron chi connectivity index (χ4n) is 2.77. The van der Waals surface area contributed by atoms with Crippen molar-refractivity contribution in [2.75, 3.05) is 13.2 Å². The van der Waals surface area contributed by atoms with Gasteiger partial charge in [0.05, 0.1) is 30.0 Å². The molecule has 0 unspecified atom stereocenters. The Balaban J connectivity index is 1.71. The number of benzene rings is 1. The molecule has 30 heavy (non-hydrogen) atoms. The molecule has 156 valence electrons. The number of halogens is 3. The lowest BCUT2D eigenvalue weighted by Gasteiger charge is -2.11. The third kappa shape index (κ3) is 5.78. The first-order valence-corrected chi connectivity index (χ1v) is 9.14. The fourth-order valence-corrected chi connectivity index (χ4v) is 2.77. The highest BCUT2D eigenvalue weighted by molar-refractivity contribution is 5.65. The van der Waals surface area contributed by atoms with E-state index in [1.54, 1.807) is 30.6 Å². The van der Waals surface area contributed by atoms with E-state index in [1.165, 1.54) is 12.4 Å². The number of hydrogen-bond donors (Lipinski definition) is 1. The van der Waals surface area contributed by atoms with Crippen LogP contribution in [0, 0.1) is 11.3 Å². The van der Waals surface area contributed by atoms with Gasteiger partial charge in [0, 0.05) is 25.0 Å². The van der Waals surface area contributed by atoms with Crippen molar-refractivity contribution in [2.45, 2.75) is 25.6 Å². The normalized spacial score (nSPS) is 11.3. The average Bonchev–Trinajstić information content (AvgIpc) is 3.14. The molecule has 0 bridgehead atoms. The van der Waals surface area contributed by atoms with Crippen LogP contribution in [-0.4, -0.2) is 39.1 Å². The molecule has 0 fully saturated rings. The van der Waals surface area contributed by atoms with Crippen LogP contribution < -0.4 is 10.5 Å². The van der Waals surface area contributed by atoms with E-state index in [1.807, 2.05) is 0 Å². The number of alkyl halides is 3. The van der Waals surface area contributed by atoms with Gasteiger partial charge in [-0.25, -0.2) is 9.97 Å². The second-order valence-corrected chi connectivity index (χ2v) is 6.54. The largest absolute Gasteiger partial charge is 0.492 e. The van der Waals surface area contributed by atoms with Crippen LogP contribution in [-0.2, 0) is 19.4 Å². The van der Waals surface area contributed by atoms with Crippen LogP contribution in [0.2, 0.25) is 0 Å². The summed E-state index contributed by atoms with van der Waals surface area (Å²) >= 11 is 0. The van der Waals surface area contributed by atoms with Gasteiger partial charge in [-0.3, -0.25) is 4.68 Å². The van der Waals surface area contributed by atoms with Crippen molar-refractivity contribution in [1.82, 2.24) is 19.7 Å². The molecular formula is C20H19F3N6O. The van der Waals surface area contributed by atoms with Crippen LogP contribution in [0.1, 0.15) is 16.7 Å². The summed E-state index contributed by atoms with van der Waals surface area (Å²) in [4.78, 5) is 8.68. The molecule has 0 saturated heterocycles. The monoisotopic (exact) mass is 416 g/mol. The van der Waals surface area contributed by atoms with Gasteiger partial charge in [0.1, 0.15) is 12.3 Å². The molecule has 3 aromatic rings. The smallest absolute Gasteiger partial charge is 0.408 e. The minimum absolute atomic E-state index is 0.185. The fraction of sp³-hybridized carbons (Fsp3) is 0.300. The first kappa shape index (κ1) is 21.3. The summed E-state index contributed by atoms with van der Waals surface area (Å²) in [6.07, 6.45) is 2.78. The molecule has 0 aliphatic carbocycles. The summed E-state index contributed by atoms with van der Waals surface area (Å²) in [6.45, 7) is -0.460. The van der Waals surface area contributed by atoms with E-state index >= 15 is 0 Å². The van der Waals surface area contributed by atoms with Gasteiger partial charge in [-0.1, -0.05) is 0 Å². The maximum absolute atomic E-state index is 12.4. The Kier molecular flexibility index (Phi) is 6.64. The van der Waals surface area contributed by atoms with Crippen LogP contribution in [0.15, 0.2) is 43.0 Å². The molecule has 7 nitrogen and oxygen atoms in total. The van der Waals surface area contributed by atoms with Crippen molar-refractivity contribution >= 4 is 0 Å². The molecule has 3 rings (SSSR count). The minimum atomic E-state index is -4.33. The zero-order valence-electron chi connectivity index (χ0n) is 15.9. The molecule has 2 aromatic heterocycles. The van der Waals surface area contributed by atoms with Crippen molar-refractivity contribution in [3.05, 3.63) is 59.7 Å². The first-order valence-electron chi connectivity index (χ1n) is 9.14. The molecule has 0 radical (unpaired) electrons. The second-order valence-electron chi connectivity index (χ2n) is 6.54. The Labute approximate surface area is 170 Å². The number of rotatable bonds is 8. The maximum Gasteiger partial charge on any atom is 0.408 e. The van der Waals surface area contributed by atoms with Crippen LogP contribution in [0.4, 0.5) is 13.2 Å². The quantitative estimate of drug-likeness (QED) is 0.606. The minimum Gasteiger partial charge on any atom is -0.492 e. The zero-order chi connectivity index (χ0) is 21.6. The Hall–Kier alpha value is -3.45. The summed E-state index contributed by atoms with van der Waals surface area (Å²) in [5.41, 5.74) is 8.07. The summed E-state index contributed by atoms with van der Waals surface area (Å²) in [7, 11) is 0. The van der Waals surface area contributed by atoms with Gasteiger partial charge in [0.2, 0.25) is 0 Å². The van der Waals surface area contributed by atoms with Crippen molar-refractivity contribution in [1.29, 1.82) is 5.26 Å². The van der Waals surface area contributed by atoms with Crippen LogP contribution in [0.25, 0.3) is 11.4 Å². The summed E-state index contributed by atoms with van der Waals surface area (Å²) in [5, 5.41) is 12.9. The lowest BCUT2D eigenvalue weighted by atomic mass is 10.1. The first-order chi connectivity index (χ1) is 14.4. The van der Waals surface area contributed by atoms with Crippen molar-refractivity contribution in [2.24, 2.45) is 5.73 Å². The number of nitrogens with two attached hydrogens (primary N) is 1. The molecule has 0 aliphatic rings. The van der Waals surface area contributed by atoms with Crippen LogP contribution >= 0.6 is 0 Å². The summed E-state index contributed by atoms with van der Waals surface area (Å²) < 4.78 is 44.0. The standard InChI is InChI=1S/C20H19F3N6O/c21-20(22,23)13-29-12-16(11-28-29)4-6-30-18-7-14(8-25)1-2-17(18)19-26-9-15(3-5-24)10-27-19/h1-2,7,9-12H,3-6,13,24H2. The highest BCUT2D eigenvalue weighted by Crippen LogP contribution is 2.29. The Morgan fingerprint density at radius 1 is 1.10 bits per heavy atom. The van der Waals surface area contributed by atoms with Crippen LogP contribution in [0.5, 0.6) is 5.75 Å². The third-order valence-corrected chi connectivity index (χ3v) is 4.17. The Morgan fingerprint density at radius 2 is 1.87 bits per heavy atom. The van der Waals surface area contributed by atoms with Gasteiger partial charge in [-0.05, 0) is 42.3 Å². The molecule has 0 atom stereocenters. The van der Waals surface area contributed by atoms with Gasteiger partial charge in [0.15, 0.2) is 5.82 Å². The average molecular weight is 416 g/mol. The van der Waals surface area contributed by atoms with E-state index in [4.69, 9.17) is 15.7 Å². The van der Waals surface area contributed by atoms with E-state index < -0.39 is 12.7 Å². The molecule has 10 heteroatoms. The predicted octanol–water partition coefficient (Wildman–Crippen LogP) is 2.90. The Bertz CT molecular complexity index is 1020. The molecule has 0 saturated carbocycles. The summed E-state index contributed by atoms with van der Waals surface area (Å²) in [6, 6.07) is 6.97. The molecular weight excluding hydrogens is 397 g/mol. The lowest BCUT2D eigenvalue weighted by molar-refractivity contribution is -0.142. The molecule has 0 aliphatic heterocycles. The van der Waals surface area contributed by atoms with E-state index in [0.29, 0.717) is 47.7 Å². The van der Waals surface area contributed by atoms with E-state index in [-0.39, 0.29) is 6.61 Å². The zero-order valence-corrected chi connectivity index (χ0v) is 15.9. The van der Waals surface area contributed by atoms with Crippen molar-refractivity contribution in [3.8, 4) is 23.2 Å². The van der Waals surface area contributed by atoms with E-state index in [9.17, 15) is 13.2 Å². The van der Waals surface area contributed by atoms with Gasteiger partial charge >= 0.3 is 6.18 Å². The second kappa shape index (κ2) is 9.37. The molecule has 2 heterocycles. The predicted molar refractivity (Wildman–Crippen MR) is 102 cm³/mol. The highest BCUT2D eigenvalue weighted by atomic mass is 19.4. The van der Waals surface area contributed by atoms with E-state index in [0.717, 1.165) is 10.2 Å². The molecule has 0 amide bonds. The van der Waals surface area contributed by atoms with Crippen molar-refractivity contribution in [3.63, 3.8) is 0 Å². The van der Waals surface area contributed by atoms with Crippen molar-refractivity contribution < 1.29 is 17.9 Å². The number of nitrogens with zero attached hydrogens (tertiary/aromatic N) is 5. The third-order valence-electron chi connectivity index (χ3n) is 4.17. The Morgan fingerprint density at radius 3 is 2.53 bits per heavy atom. The lowest BCUT2D eigenvalue weighted by Crippen LogP contribution is -2.17. The van der Waals surface area contributed by atoms with E-state index in [2.05, 4.69) is 21.1 Å². The van der Waals surface area contributed by atoms with Gasteiger partial charge in [-0.15, -0.1) is 0 Å². The highest BCUT2D eigenvalue weighted by Gasteiger charge is 2.28. The maximum atomic E-state index is 12.4. The molecule has 1 aromatic carbocycles. The summed E-state index contributed by atoms with van der Waals surface area (Å²) in [5.74, 6) is 0.858. The molecule has 2 N–H and O–H groups in total. The number of hydrogen-bond acceptors (Lipinski definition) is 6. The van der Waals surface area contributed by atoms with Gasteiger partial charge in [0.25, 0.3) is 0 Å². The number of nitriles is 1. The SMILES string of the molecule is N#Cc1ccc(-c2ncc(CCN)cn2)c(OCCc2cnn(CC(F)(F)F)c2)c1. The topological polar surface area (TPSA) is 103 Å². The van der Waals surface area contributed by atoms with Gasteiger partial charge < -0.3 is 10.5 Å². The number of ether oxygens (including phenoxy) is 1. The number of aromatic nitrogens is 4. The molecule has 0 spiro atoms.